The normalized spacial score (nSPS) is 19.0. The average molecular weight is 918 g/mol. The van der Waals surface area contributed by atoms with Gasteiger partial charge in [-0.2, -0.15) is 5.10 Å². The molecule has 17 heteroatoms. The molecule has 0 saturated carbocycles. The van der Waals surface area contributed by atoms with Gasteiger partial charge < -0.3 is 33.7 Å². The number of aliphatic carboxylic acids is 1. The molecular formula is C46H47Cl2FN6O7S. The van der Waals surface area contributed by atoms with Crippen molar-refractivity contribution in [2.75, 3.05) is 59.6 Å². The van der Waals surface area contributed by atoms with Crippen molar-refractivity contribution in [1.82, 2.24) is 29.5 Å². The molecule has 1 N–H and O–H groups in total. The molecular weight excluding hydrogens is 871 g/mol. The van der Waals surface area contributed by atoms with Crippen molar-refractivity contribution in [3.63, 3.8) is 0 Å². The van der Waals surface area contributed by atoms with Crippen molar-refractivity contribution >= 4 is 50.7 Å². The molecule has 3 aromatic heterocycles. The molecule has 0 unspecified atom stereocenters. The number of fused-ring (bicyclic) bond motifs is 7. The summed E-state index contributed by atoms with van der Waals surface area (Å²) in [6.07, 6.45) is 2.74. The molecule has 3 aromatic carbocycles. The monoisotopic (exact) mass is 916 g/mol. The maximum atomic E-state index is 14.3. The first-order chi connectivity index (χ1) is 30.5. The maximum absolute atomic E-state index is 14.3. The van der Waals surface area contributed by atoms with E-state index in [1.807, 2.05) is 24.6 Å². The number of hydrogen-bond acceptors (Lipinski definition) is 12. The zero-order valence-corrected chi connectivity index (χ0v) is 37.4. The number of piperazine rings is 1. The number of carboxylic acid groups (broad SMARTS) is 1. The molecule has 0 spiro atoms. The van der Waals surface area contributed by atoms with Gasteiger partial charge in [-0.05, 0) is 92.4 Å². The summed E-state index contributed by atoms with van der Waals surface area (Å²) in [4.78, 5) is 28.3. The maximum Gasteiger partial charge on any atom is 0.345 e. The van der Waals surface area contributed by atoms with Crippen molar-refractivity contribution in [3.8, 4) is 44.7 Å². The minimum absolute atomic E-state index is 0.0465. The van der Waals surface area contributed by atoms with Crippen LogP contribution in [-0.4, -0.2) is 112 Å². The highest BCUT2D eigenvalue weighted by molar-refractivity contribution is 7.22. The Kier molecular flexibility index (Phi) is 12.8. The summed E-state index contributed by atoms with van der Waals surface area (Å²) in [5, 5.41) is 16.5. The van der Waals surface area contributed by atoms with Gasteiger partial charge in [0.15, 0.2) is 5.75 Å². The van der Waals surface area contributed by atoms with Crippen molar-refractivity contribution in [1.29, 1.82) is 0 Å². The fraction of sp³-hybridized carbons (Fsp3) is 0.391. The van der Waals surface area contributed by atoms with E-state index >= 15 is 0 Å². The molecule has 4 aliphatic rings. The minimum atomic E-state index is -1.43. The van der Waals surface area contributed by atoms with E-state index in [0.29, 0.717) is 90.6 Å². The van der Waals surface area contributed by atoms with Crippen LogP contribution >= 0.6 is 34.5 Å². The van der Waals surface area contributed by atoms with Gasteiger partial charge in [-0.1, -0.05) is 35.3 Å². The first-order valence-electron chi connectivity index (χ1n) is 21.0. The number of thiophene rings is 1. The first kappa shape index (κ1) is 43.2. The van der Waals surface area contributed by atoms with Gasteiger partial charge in [0.1, 0.15) is 47.8 Å². The molecule has 4 bridgehead atoms. The van der Waals surface area contributed by atoms with Crippen molar-refractivity contribution in [3.05, 3.63) is 99.3 Å². The number of rotatable bonds is 8. The van der Waals surface area contributed by atoms with E-state index in [9.17, 15) is 14.3 Å². The van der Waals surface area contributed by atoms with Crippen molar-refractivity contribution in [2.24, 2.45) is 0 Å². The largest absolute Gasteiger partial charge is 0.490 e. The van der Waals surface area contributed by atoms with E-state index in [1.54, 1.807) is 36.5 Å². The molecule has 0 radical (unpaired) electrons. The second-order valence-corrected chi connectivity index (χ2v) is 18.0. The molecule has 0 amide bonds. The Morgan fingerprint density at radius 2 is 1.71 bits per heavy atom. The predicted octanol–water partition coefficient (Wildman–Crippen LogP) is 8.68. The number of hydrogen-bond donors (Lipinski definition) is 1. The van der Waals surface area contributed by atoms with Crippen LogP contribution in [0.5, 0.6) is 23.1 Å². The lowest BCUT2D eigenvalue weighted by Crippen LogP contribution is -2.49. The highest BCUT2D eigenvalue weighted by Crippen LogP contribution is 2.53. The third-order valence-corrected chi connectivity index (χ3v) is 14.1. The Balaban J connectivity index is 1.18. The zero-order chi connectivity index (χ0) is 43.8. The van der Waals surface area contributed by atoms with Crippen LogP contribution in [0.25, 0.3) is 31.8 Å². The van der Waals surface area contributed by atoms with E-state index in [2.05, 4.69) is 31.9 Å². The van der Waals surface area contributed by atoms with Gasteiger partial charge in [-0.3, -0.25) is 9.58 Å². The lowest BCUT2D eigenvalue weighted by atomic mass is 9.92. The summed E-state index contributed by atoms with van der Waals surface area (Å²) in [6, 6.07) is 13.6. The standard InChI is InChI=1S/C46H47Cl2FN6O7S/c1-26-37-27(2)41(48)42(40(26)47)61-34(22-54-16-14-53(3)15-17-54)24-59-33-8-9-35(60-23-32-10-13-52-55(32)31-11-18-58-19-12-31)29(20-33)21-36(46(56)57)62-44-39-38(37)43(63-45(39)51-25-50-44)28-4-6-30(49)7-5-28/h4-10,13,20,25,31,34,36H,11-12,14-19,21-24H2,1-3H3,(H,56,57)/t34-,36-/m1/s1. The SMILES string of the molecule is Cc1c(Cl)c2c(Cl)c(C)c1-c1c(-c3ccc(F)cc3)sc3ncnc(c13)O[C@@H](C(=O)O)Cc1cc(ccc1OCc1ccnn1C1CCOCC1)OC[C@@H](CN1CCN(C)CC1)O2. The van der Waals surface area contributed by atoms with Crippen LogP contribution in [0.3, 0.4) is 0 Å². The van der Waals surface area contributed by atoms with Gasteiger partial charge in [-0.25, -0.2) is 19.2 Å². The van der Waals surface area contributed by atoms with Gasteiger partial charge in [0.25, 0.3) is 0 Å². The molecule has 63 heavy (non-hydrogen) atoms. The Hall–Kier alpha value is -5.03. The fourth-order valence-electron chi connectivity index (χ4n) is 8.58. The number of aromatic nitrogens is 4. The second-order valence-electron chi connectivity index (χ2n) is 16.2. The Bertz CT molecular complexity index is 2600. The quantitative estimate of drug-likeness (QED) is 0.157. The lowest BCUT2D eigenvalue weighted by molar-refractivity contribution is -0.145. The molecule has 330 valence electrons. The molecule has 2 saturated heterocycles. The highest BCUT2D eigenvalue weighted by Gasteiger charge is 2.32. The van der Waals surface area contributed by atoms with E-state index in [-0.39, 0.29) is 37.4 Å². The van der Waals surface area contributed by atoms with Crippen LogP contribution in [0.15, 0.2) is 61.1 Å². The Morgan fingerprint density at radius 3 is 2.44 bits per heavy atom. The molecule has 7 heterocycles. The van der Waals surface area contributed by atoms with Gasteiger partial charge in [-0.15, -0.1) is 11.3 Å². The number of carbonyl (C=O) groups is 1. The summed E-state index contributed by atoms with van der Waals surface area (Å²) >= 11 is 16.0. The average Bonchev–Trinajstić information content (AvgIpc) is 3.92. The number of likely N-dealkylation sites (N-methyl/N-ethyl adjacent to an activating group) is 1. The van der Waals surface area contributed by atoms with E-state index in [1.165, 1.54) is 29.8 Å². The molecule has 4 aliphatic heterocycles. The minimum Gasteiger partial charge on any atom is -0.490 e. The zero-order valence-electron chi connectivity index (χ0n) is 35.1. The van der Waals surface area contributed by atoms with Crippen LogP contribution in [0, 0.1) is 19.7 Å². The van der Waals surface area contributed by atoms with Gasteiger partial charge in [0.05, 0.1) is 27.2 Å². The smallest absolute Gasteiger partial charge is 0.345 e. The van der Waals surface area contributed by atoms with Gasteiger partial charge in [0, 0.05) is 74.6 Å². The van der Waals surface area contributed by atoms with Crippen LogP contribution in [0.4, 0.5) is 4.39 Å². The number of carboxylic acids is 1. The highest BCUT2D eigenvalue weighted by atomic mass is 35.5. The van der Waals surface area contributed by atoms with E-state index in [0.717, 1.165) is 49.6 Å². The van der Waals surface area contributed by atoms with Gasteiger partial charge in [0.2, 0.25) is 12.0 Å². The first-order valence-corrected chi connectivity index (χ1v) is 22.6. The van der Waals surface area contributed by atoms with Crippen LogP contribution in [0.1, 0.15) is 41.3 Å². The summed E-state index contributed by atoms with van der Waals surface area (Å²) in [7, 11) is 2.11. The van der Waals surface area contributed by atoms with Gasteiger partial charge >= 0.3 is 5.97 Å². The Labute approximate surface area is 378 Å². The van der Waals surface area contributed by atoms with Crippen molar-refractivity contribution < 1.29 is 38.0 Å². The van der Waals surface area contributed by atoms with E-state index < -0.39 is 18.2 Å². The topological polar surface area (TPSA) is 134 Å². The molecule has 10 rings (SSSR count). The third kappa shape index (κ3) is 9.04. The fourth-order valence-corrected chi connectivity index (χ4v) is 10.2. The molecule has 13 nitrogen and oxygen atoms in total. The van der Waals surface area contributed by atoms with Crippen molar-refractivity contribution in [2.45, 2.75) is 58.0 Å². The number of halogens is 3. The molecule has 6 aromatic rings. The Morgan fingerprint density at radius 1 is 0.968 bits per heavy atom. The third-order valence-electron chi connectivity index (χ3n) is 12.0. The van der Waals surface area contributed by atoms with Crippen LogP contribution < -0.4 is 18.9 Å². The number of ether oxygens (including phenoxy) is 5. The van der Waals surface area contributed by atoms with E-state index in [4.69, 9.17) is 46.9 Å². The molecule has 0 aliphatic carbocycles. The summed E-state index contributed by atoms with van der Waals surface area (Å²) < 4.78 is 48.3. The summed E-state index contributed by atoms with van der Waals surface area (Å²) in [6.45, 7) is 9.47. The lowest BCUT2D eigenvalue weighted by Gasteiger charge is -2.35. The summed E-state index contributed by atoms with van der Waals surface area (Å²) in [5.41, 5.74) is 4.76. The second kappa shape index (κ2) is 18.6. The number of nitrogens with zero attached hydrogens (tertiary/aromatic N) is 6. The molecule has 2 atom stereocenters. The summed E-state index contributed by atoms with van der Waals surface area (Å²) in [5.74, 6) is -0.281. The predicted molar refractivity (Wildman–Crippen MR) is 239 cm³/mol. The van der Waals surface area contributed by atoms with Crippen LogP contribution in [0.2, 0.25) is 10.0 Å². The molecule has 2 fully saturated rings. The number of benzene rings is 3. The van der Waals surface area contributed by atoms with Crippen LogP contribution in [-0.2, 0) is 22.6 Å².